The molecule has 4 heterocycles. The van der Waals surface area contributed by atoms with Gasteiger partial charge >= 0.3 is 6.03 Å². The highest BCUT2D eigenvalue weighted by Crippen LogP contribution is 2.35. The van der Waals surface area contributed by atoms with Crippen molar-refractivity contribution in [2.75, 3.05) is 25.1 Å². The van der Waals surface area contributed by atoms with E-state index in [0.717, 1.165) is 17.0 Å². The summed E-state index contributed by atoms with van der Waals surface area (Å²) in [7, 11) is 1.54. The molecule has 1 N–H and O–H groups in total. The monoisotopic (exact) mass is 436 g/mol. The largest absolute Gasteiger partial charge is 0.497 e. The Kier molecular flexibility index (Phi) is 4.96. The number of benzene rings is 1. The lowest BCUT2D eigenvalue weighted by Crippen LogP contribution is -2.50. The quantitative estimate of drug-likeness (QED) is 0.729. The van der Waals surface area contributed by atoms with E-state index in [0.29, 0.717) is 31.1 Å². The molecule has 3 unspecified atom stereocenters. The molecule has 32 heavy (non-hydrogen) atoms. The van der Waals surface area contributed by atoms with Gasteiger partial charge in [0.1, 0.15) is 11.8 Å². The molecule has 1 aromatic carbocycles. The van der Waals surface area contributed by atoms with Gasteiger partial charge in [0.15, 0.2) is 0 Å². The third-order valence-electron chi connectivity index (χ3n) is 6.56. The summed E-state index contributed by atoms with van der Waals surface area (Å²) in [5.74, 6) is 0.316. The number of ether oxygens (including phenoxy) is 1. The van der Waals surface area contributed by atoms with Gasteiger partial charge in [0.25, 0.3) is 11.5 Å². The Balaban J connectivity index is 1.28. The van der Waals surface area contributed by atoms with Crippen LogP contribution in [0.25, 0.3) is 0 Å². The SMILES string of the molecule is COc1ccc(N2C(=O)NC(CC(=O)N3CC4CC(C3)c3cccc(=O)n3C4)C2=O)cc1. The molecule has 3 aliphatic rings. The van der Waals surface area contributed by atoms with Crippen molar-refractivity contribution in [2.45, 2.75) is 31.3 Å². The van der Waals surface area contributed by atoms with Crippen molar-refractivity contribution in [1.29, 1.82) is 0 Å². The first-order valence-corrected chi connectivity index (χ1v) is 10.7. The summed E-state index contributed by atoms with van der Waals surface area (Å²) in [6, 6.07) is 10.4. The van der Waals surface area contributed by atoms with E-state index in [-0.39, 0.29) is 29.7 Å². The third kappa shape index (κ3) is 3.43. The van der Waals surface area contributed by atoms with Gasteiger partial charge in [0.2, 0.25) is 5.91 Å². The van der Waals surface area contributed by atoms with E-state index < -0.39 is 18.0 Å². The molecule has 0 radical (unpaired) electrons. The maximum Gasteiger partial charge on any atom is 0.329 e. The smallest absolute Gasteiger partial charge is 0.329 e. The van der Waals surface area contributed by atoms with Gasteiger partial charge in [-0.05, 0) is 42.7 Å². The number of amides is 4. The van der Waals surface area contributed by atoms with Crippen molar-refractivity contribution in [3.63, 3.8) is 0 Å². The van der Waals surface area contributed by atoms with Crippen molar-refractivity contribution in [3.05, 3.63) is 58.5 Å². The lowest BCUT2D eigenvalue weighted by molar-refractivity contribution is -0.136. The van der Waals surface area contributed by atoms with Gasteiger partial charge in [-0.25, -0.2) is 9.69 Å². The standard InChI is InChI=1S/C23H24N4O5/c1-32-17-7-5-16(6-8-17)27-22(30)18(24-23(27)31)10-21(29)25-11-14-9-15(13-25)19-3-2-4-20(28)26(19)12-14/h2-8,14-15,18H,9-13H2,1H3,(H,24,31). The molecule has 0 aliphatic carbocycles. The number of carbonyl (C=O) groups excluding carboxylic acids is 3. The molecule has 9 heteroatoms. The zero-order valence-corrected chi connectivity index (χ0v) is 17.7. The number of methoxy groups -OCH3 is 1. The Hall–Kier alpha value is -3.62. The van der Waals surface area contributed by atoms with Crippen molar-refractivity contribution in [3.8, 4) is 5.75 Å². The van der Waals surface area contributed by atoms with E-state index in [4.69, 9.17) is 4.74 Å². The maximum atomic E-state index is 13.1. The highest BCUT2D eigenvalue weighted by molar-refractivity contribution is 6.22. The minimum Gasteiger partial charge on any atom is -0.497 e. The minimum absolute atomic E-state index is 0.00476. The van der Waals surface area contributed by atoms with E-state index >= 15 is 0 Å². The van der Waals surface area contributed by atoms with Crippen LogP contribution in [0, 0.1) is 5.92 Å². The minimum atomic E-state index is -0.895. The van der Waals surface area contributed by atoms with Crippen molar-refractivity contribution in [1.82, 2.24) is 14.8 Å². The maximum absolute atomic E-state index is 13.1. The van der Waals surface area contributed by atoms with Crippen LogP contribution < -0.4 is 20.5 Å². The first-order chi connectivity index (χ1) is 15.4. The van der Waals surface area contributed by atoms with Gasteiger partial charge < -0.3 is 19.5 Å². The number of urea groups is 1. The lowest BCUT2D eigenvalue weighted by atomic mass is 9.83. The molecule has 0 saturated carbocycles. The fourth-order valence-corrected chi connectivity index (χ4v) is 5.05. The zero-order valence-electron chi connectivity index (χ0n) is 17.7. The van der Waals surface area contributed by atoms with Crippen LogP contribution in [0.4, 0.5) is 10.5 Å². The Bertz CT molecular complexity index is 1140. The van der Waals surface area contributed by atoms with Gasteiger partial charge in [-0.15, -0.1) is 0 Å². The number of hydrogen-bond donors (Lipinski definition) is 1. The van der Waals surface area contributed by atoms with Gasteiger partial charge in [0, 0.05) is 37.3 Å². The number of imide groups is 1. The molecular weight excluding hydrogens is 412 g/mol. The number of nitrogens with one attached hydrogen (secondary N) is 1. The van der Waals surface area contributed by atoms with Crippen LogP contribution in [0.1, 0.15) is 24.5 Å². The zero-order chi connectivity index (χ0) is 22.4. The van der Waals surface area contributed by atoms with Crippen molar-refractivity contribution in [2.24, 2.45) is 5.92 Å². The molecule has 2 aromatic rings. The van der Waals surface area contributed by atoms with Crippen LogP contribution in [0.2, 0.25) is 0 Å². The molecule has 5 rings (SSSR count). The van der Waals surface area contributed by atoms with Crippen LogP contribution in [0.15, 0.2) is 47.3 Å². The summed E-state index contributed by atoms with van der Waals surface area (Å²) in [4.78, 5) is 53.4. The summed E-state index contributed by atoms with van der Waals surface area (Å²) in [6.45, 7) is 1.66. The Morgan fingerprint density at radius 3 is 2.59 bits per heavy atom. The average Bonchev–Trinajstić information content (AvgIpc) is 3.07. The molecule has 2 fully saturated rings. The average molecular weight is 436 g/mol. The van der Waals surface area contributed by atoms with Crippen LogP contribution in [-0.4, -0.2) is 53.6 Å². The molecule has 2 saturated heterocycles. The highest BCUT2D eigenvalue weighted by atomic mass is 16.5. The van der Waals surface area contributed by atoms with Crippen molar-refractivity contribution < 1.29 is 19.1 Å². The van der Waals surface area contributed by atoms with Crippen molar-refractivity contribution >= 4 is 23.5 Å². The summed E-state index contributed by atoms with van der Waals surface area (Å²) < 4.78 is 6.93. The van der Waals surface area contributed by atoms with Gasteiger partial charge in [-0.3, -0.25) is 14.4 Å². The lowest BCUT2D eigenvalue weighted by Gasteiger charge is -2.43. The number of aromatic nitrogens is 1. The van der Waals surface area contributed by atoms with E-state index in [1.165, 1.54) is 7.11 Å². The first-order valence-electron chi connectivity index (χ1n) is 10.7. The number of pyridine rings is 1. The number of rotatable bonds is 4. The topological polar surface area (TPSA) is 101 Å². The molecular formula is C23H24N4O5. The number of likely N-dealkylation sites (tertiary alicyclic amines) is 1. The van der Waals surface area contributed by atoms with E-state index in [9.17, 15) is 19.2 Å². The second kappa shape index (κ2) is 7.81. The number of nitrogens with zero attached hydrogens (tertiary/aromatic N) is 3. The number of piperidine rings is 1. The fourth-order valence-electron chi connectivity index (χ4n) is 5.05. The normalized spacial score (nSPS) is 24.2. The summed E-state index contributed by atoms with van der Waals surface area (Å²) in [5.41, 5.74) is 1.38. The van der Waals surface area contributed by atoms with Gasteiger partial charge in [0.05, 0.1) is 19.2 Å². The highest BCUT2D eigenvalue weighted by Gasteiger charge is 2.42. The van der Waals surface area contributed by atoms with E-state index in [2.05, 4.69) is 5.32 Å². The third-order valence-corrected chi connectivity index (χ3v) is 6.56. The van der Waals surface area contributed by atoms with Crippen LogP contribution in [0.5, 0.6) is 5.75 Å². The summed E-state index contributed by atoms with van der Waals surface area (Å²) in [6.07, 6.45) is 0.857. The predicted molar refractivity (Wildman–Crippen MR) is 116 cm³/mol. The molecule has 3 atom stereocenters. The number of hydrogen-bond acceptors (Lipinski definition) is 5. The molecule has 0 spiro atoms. The Morgan fingerprint density at radius 2 is 1.84 bits per heavy atom. The molecule has 9 nitrogen and oxygen atoms in total. The summed E-state index contributed by atoms with van der Waals surface area (Å²) >= 11 is 0. The summed E-state index contributed by atoms with van der Waals surface area (Å²) in [5, 5.41) is 2.64. The van der Waals surface area contributed by atoms with Gasteiger partial charge in [-0.1, -0.05) is 6.07 Å². The van der Waals surface area contributed by atoms with Crippen LogP contribution in [0.3, 0.4) is 0 Å². The number of anilines is 1. The van der Waals surface area contributed by atoms with Gasteiger partial charge in [-0.2, -0.15) is 0 Å². The van der Waals surface area contributed by atoms with E-state index in [1.54, 1.807) is 41.3 Å². The molecule has 3 aliphatic heterocycles. The first kappa shape index (κ1) is 20.3. The second-order valence-electron chi connectivity index (χ2n) is 8.57. The second-order valence-corrected chi connectivity index (χ2v) is 8.57. The molecule has 2 bridgehead atoms. The Labute approximate surface area is 184 Å². The fraction of sp³-hybridized carbons (Fsp3) is 0.391. The van der Waals surface area contributed by atoms with Crippen LogP contribution >= 0.6 is 0 Å². The predicted octanol–water partition coefficient (Wildman–Crippen LogP) is 1.32. The number of fused-ring (bicyclic) bond motifs is 4. The molecule has 4 amide bonds. The molecule has 166 valence electrons. The Morgan fingerprint density at radius 1 is 1.06 bits per heavy atom. The number of carbonyl (C=O) groups is 3. The van der Waals surface area contributed by atoms with Crippen LogP contribution in [-0.2, 0) is 16.1 Å². The van der Waals surface area contributed by atoms with E-state index in [1.807, 2.05) is 10.6 Å². The molecule has 1 aromatic heterocycles.